The number of rotatable bonds is 11. The summed E-state index contributed by atoms with van der Waals surface area (Å²) in [7, 11) is 0. The van der Waals surface area contributed by atoms with Gasteiger partial charge in [-0.2, -0.15) is 0 Å². The Bertz CT molecular complexity index is 183. The van der Waals surface area contributed by atoms with Crippen molar-refractivity contribution in [3.8, 4) is 0 Å². The van der Waals surface area contributed by atoms with Crippen LogP contribution in [0.2, 0.25) is 0 Å². The van der Waals surface area contributed by atoms with Crippen LogP contribution in [0.25, 0.3) is 0 Å². The Labute approximate surface area is 129 Å². The van der Waals surface area contributed by atoms with E-state index in [1.54, 1.807) is 0 Å². The van der Waals surface area contributed by atoms with Crippen LogP contribution in [0, 0.1) is 10.8 Å². The summed E-state index contributed by atoms with van der Waals surface area (Å²) < 4.78 is 0. The highest BCUT2D eigenvalue weighted by Crippen LogP contribution is 2.22. The van der Waals surface area contributed by atoms with Crippen LogP contribution in [0.5, 0.6) is 0 Å². The highest BCUT2D eigenvalue weighted by atomic mass is 14.9. The lowest BCUT2D eigenvalue weighted by Crippen LogP contribution is -2.27. The fourth-order valence-corrected chi connectivity index (χ4v) is 2.43. The predicted octanol–water partition coefficient (Wildman–Crippen LogP) is 6.18. The molecule has 1 nitrogen and oxygen atoms in total. The largest absolute Gasteiger partial charge is 0.316 e. The molecule has 0 amide bonds. The van der Waals surface area contributed by atoms with Gasteiger partial charge in [0, 0.05) is 0 Å². The van der Waals surface area contributed by atoms with E-state index in [-0.39, 0.29) is 0 Å². The van der Waals surface area contributed by atoms with E-state index in [4.69, 9.17) is 0 Å². The fraction of sp³-hybridized carbons (Fsp3) is 1.00. The van der Waals surface area contributed by atoms with Gasteiger partial charge in [-0.25, -0.2) is 0 Å². The van der Waals surface area contributed by atoms with Crippen molar-refractivity contribution in [2.24, 2.45) is 10.8 Å². The van der Waals surface area contributed by atoms with E-state index in [1.165, 1.54) is 64.3 Å². The molecule has 0 aromatic heterocycles. The summed E-state index contributed by atoms with van der Waals surface area (Å²) in [6.07, 6.45) is 12.7. The van der Waals surface area contributed by atoms with E-state index in [1.807, 2.05) is 0 Å². The summed E-state index contributed by atoms with van der Waals surface area (Å²) in [6, 6.07) is 0. The number of hydrogen-bond acceptors (Lipinski definition) is 1. The lowest BCUT2D eigenvalue weighted by molar-refractivity contribution is 0.356. The van der Waals surface area contributed by atoms with Crippen LogP contribution in [-0.4, -0.2) is 13.1 Å². The van der Waals surface area contributed by atoms with Crippen molar-refractivity contribution in [2.45, 2.75) is 99.3 Å². The maximum Gasteiger partial charge on any atom is -0.0000126 e. The zero-order valence-corrected chi connectivity index (χ0v) is 15.3. The highest BCUT2D eigenvalue weighted by Gasteiger charge is 2.09. The zero-order chi connectivity index (χ0) is 15.5. The monoisotopic (exact) mass is 283 g/mol. The van der Waals surface area contributed by atoms with Gasteiger partial charge in [-0.05, 0) is 36.8 Å². The Balaban J connectivity index is 3.10. The molecule has 0 heterocycles. The molecule has 20 heavy (non-hydrogen) atoms. The molecular formula is C19H41N. The highest BCUT2D eigenvalue weighted by molar-refractivity contribution is 4.64. The predicted molar refractivity (Wildman–Crippen MR) is 93.3 cm³/mol. The van der Waals surface area contributed by atoms with E-state index in [2.05, 4.69) is 46.9 Å². The minimum atomic E-state index is 0.424. The smallest absolute Gasteiger partial charge is 0.0000126 e. The van der Waals surface area contributed by atoms with Crippen molar-refractivity contribution < 1.29 is 0 Å². The number of nitrogens with one attached hydrogen (secondary N) is 1. The topological polar surface area (TPSA) is 12.0 Å². The van der Waals surface area contributed by atoms with Gasteiger partial charge in [-0.1, -0.05) is 86.5 Å². The SMILES string of the molecule is CC(C)(C)CCCCCCCCCCNCC(C)(C)C. The average molecular weight is 284 g/mol. The molecule has 0 atom stereocenters. The van der Waals surface area contributed by atoms with Gasteiger partial charge in [-0.15, -0.1) is 0 Å². The van der Waals surface area contributed by atoms with Crippen LogP contribution in [0.15, 0.2) is 0 Å². The Kier molecular flexibility index (Phi) is 10.6. The molecule has 0 rings (SSSR count). The second-order valence-electron chi connectivity index (χ2n) is 8.88. The third-order valence-corrected chi connectivity index (χ3v) is 3.69. The van der Waals surface area contributed by atoms with Crippen molar-refractivity contribution in [3.63, 3.8) is 0 Å². The van der Waals surface area contributed by atoms with Crippen molar-refractivity contribution >= 4 is 0 Å². The minimum absolute atomic E-state index is 0.424. The maximum absolute atomic E-state index is 3.56. The third-order valence-electron chi connectivity index (χ3n) is 3.69. The lowest BCUT2D eigenvalue weighted by atomic mass is 9.89. The van der Waals surface area contributed by atoms with E-state index < -0.39 is 0 Å². The van der Waals surface area contributed by atoms with Crippen LogP contribution in [-0.2, 0) is 0 Å². The van der Waals surface area contributed by atoms with E-state index >= 15 is 0 Å². The van der Waals surface area contributed by atoms with Crippen LogP contribution in [0.1, 0.15) is 99.3 Å². The fourth-order valence-electron chi connectivity index (χ4n) is 2.43. The second kappa shape index (κ2) is 10.7. The molecule has 0 bridgehead atoms. The van der Waals surface area contributed by atoms with Crippen molar-refractivity contribution in [2.75, 3.05) is 13.1 Å². The van der Waals surface area contributed by atoms with Gasteiger partial charge in [0.1, 0.15) is 0 Å². The maximum atomic E-state index is 3.56. The normalized spacial score (nSPS) is 12.9. The van der Waals surface area contributed by atoms with Gasteiger partial charge >= 0.3 is 0 Å². The molecular weight excluding hydrogens is 242 g/mol. The van der Waals surface area contributed by atoms with E-state index in [0.717, 1.165) is 6.54 Å². The summed E-state index contributed by atoms with van der Waals surface area (Å²) in [6.45, 7) is 16.3. The van der Waals surface area contributed by atoms with Gasteiger partial charge < -0.3 is 5.32 Å². The first kappa shape index (κ1) is 20.0. The minimum Gasteiger partial charge on any atom is -0.316 e. The summed E-state index contributed by atoms with van der Waals surface area (Å²) in [5.74, 6) is 0. The Morgan fingerprint density at radius 3 is 1.45 bits per heavy atom. The van der Waals surface area contributed by atoms with Crippen LogP contribution in [0.3, 0.4) is 0 Å². The summed E-state index contributed by atoms with van der Waals surface area (Å²) >= 11 is 0. The zero-order valence-electron chi connectivity index (χ0n) is 15.3. The molecule has 1 N–H and O–H groups in total. The first-order valence-corrected chi connectivity index (χ1v) is 8.91. The molecule has 0 aliphatic rings. The Morgan fingerprint density at radius 2 is 1.00 bits per heavy atom. The lowest BCUT2D eigenvalue weighted by Gasteiger charge is -2.18. The first-order valence-electron chi connectivity index (χ1n) is 8.91. The summed E-state index contributed by atoms with van der Waals surface area (Å²) in [5, 5.41) is 3.56. The van der Waals surface area contributed by atoms with Crippen molar-refractivity contribution in [3.05, 3.63) is 0 Å². The van der Waals surface area contributed by atoms with Crippen LogP contribution >= 0.6 is 0 Å². The number of unbranched alkanes of at least 4 members (excludes halogenated alkanes) is 7. The van der Waals surface area contributed by atoms with Crippen LogP contribution in [0.4, 0.5) is 0 Å². The first-order chi connectivity index (χ1) is 9.21. The number of hydrogen-bond donors (Lipinski definition) is 1. The summed E-state index contributed by atoms with van der Waals surface area (Å²) in [5.41, 5.74) is 0.951. The molecule has 0 fully saturated rings. The van der Waals surface area contributed by atoms with Crippen molar-refractivity contribution in [1.29, 1.82) is 0 Å². The molecule has 1 heteroatoms. The van der Waals surface area contributed by atoms with Gasteiger partial charge in [0.25, 0.3) is 0 Å². The molecule has 0 aliphatic heterocycles. The average Bonchev–Trinajstić information content (AvgIpc) is 2.27. The van der Waals surface area contributed by atoms with Gasteiger partial charge in [0.2, 0.25) is 0 Å². The molecule has 0 radical (unpaired) electrons. The van der Waals surface area contributed by atoms with Gasteiger partial charge in [-0.3, -0.25) is 0 Å². The molecule has 0 unspecified atom stereocenters. The second-order valence-corrected chi connectivity index (χ2v) is 8.88. The molecule has 0 saturated carbocycles. The van der Waals surface area contributed by atoms with Crippen LogP contribution < -0.4 is 5.32 Å². The van der Waals surface area contributed by atoms with Gasteiger partial charge in [0.15, 0.2) is 0 Å². The van der Waals surface area contributed by atoms with Gasteiger partial charge in [0.05, 0.1) is 0 Å². The van der Waals surface area contributed by atoms with Crippen molar-refractivity contribution in [1.82, 2.24) is 5.32 Å². The quantitative estimate of drug-likeness (QED) is 0.446. The van der Waals surface area contributed by atoms with E-state index in [0.29, 0.717) is 10.8 Å². The summed E-state index contributed by atoms with van der Waals surface area (Å²) in [4.78, 5) is 0. The molecule has 0 aromatic rings. The molecule has 122 valence electrons. The van der Waals surface area contributed by atoms with E-state index in [9.17, 15) is 0 Å². The molecule has 0 saturated heterocycles. The Morgan fingerprint density at radius 1 is 0.550 bits per heavy atom. The molecule has 0 aromatic carbocycles. The Hall–Kier alpha value is -0.0400. The third kappa shape index (κ3) is 18.0. The standard InChI is InChI=1S/C19H41N/c1-18(2,3)15-13-11-9-7-8-10-12-14-16-20-17-19(4,5)6/h20H,7-17H2,1-6H3. The molecule has 0 aliphatic carbocycles. The molecule has 0 spiro atoms.